The first-order valence-electron chi connectivity index (χ1n) is 13.4. The summed E-state index contributed by atoms with van der Waals surface area (Å²) in [5, 5.41) is 22.9. The number of carboxylic acids is 1. The molecule has 0 spiro atoms. The average molecular weight is 616 g/mol. The Labute approximate surface area is 250 Å². The van der Waals surface area contributed by atoms with Gasteiger partial charge < -0.3 is 20.8 Å². The fourth-order valence-corrected chi connectivity index (χ4v) is 4.70. The number of hydrogen-bond donors (Lipinski definition) is 4. The molecule has 0 fully saturated rings. The number of carbonyl (C=O) groups excluding carboxylic acids is 2. The number of amides is 3. The van der Waals surface area contributed by atoms with Gasteiger partial charge in [-0.2, -0.15) is 13.2 Å². The Bertz CT molecular complexity index is 1510. The molecule has 0 radical (unpaired) electrons. The third-order valence-corrected chi connectivity index (χ3v) is 7.25. The summed E-state index contributed by atoms with van der Waals surface area (Å²) in [6.07, 6.45) is -0.0101. The molecule has 0 saturated heterocycles. The fourth-order valence-electron chi connectivity index (χ4n) is 4.54. The van der Waals surface area contributed by atoms with Gasteiger partial charge in [-0.25, -0.2) is 9.59 Å². The van der Waals surface area contributed by atoms with Crippen molar-refractivity contribution >= 4 is 46.5 Å². The molecule has 0 saturated carbocycles. The van der Waals surface area contributed by atoms with E-state index in [4.69, 9.17) is 16.7 Å². The minimum atomic E-state index is -4.63. The highest BCUT2D eigenvalue weighted by atomic mass is 35.5. The number of rotatable bonds is 9. The first-order valence-corrected chi connectivity index (χ1v) is 13.8. The lowest BCUT2D eigenvalue weighted by Crippen LogP contribution is -2.36. The van der Waals surface area contributed by atoms with Crippen LogP contribution in [0, 0.1) is 0 Å². The van der Waals surface area contributed by atoms with Crippen molar-refractivity contribution in [3.8, 4) is 0 Å². The van der Waals surface area contributed by atoms with Gasteiger partial charge in [0.1, 0.15) is 0 Å². The SMILES string of the molecule is O=C(NC[C@@H](O)C(=O)O)c1ccc(CN(C(=O)Nc2cc(C(F)(F)F)ccc2Cl)c2ccc(C3=CCCCC3)cc2)cc1. The van der Waals surface area contributed by atoms with Gasteiger partial charge in [-0.05, 0) is 84.8 Å². The van der Waals surface area contributed by atoms with Crippen LogP contribution in [0.25, 0.3) is 5.57 Å². The number of hydrogen-bond acceptors (Lipinski definition) is 4. The lowest BCUT2D eigenvalue weighted by Gasteiger charge is -2.25. The van der Waals surface area contributed by atoms with Crippen molar-refractivity contribution in [2.75, 3.05) is 16.8 Å². The van der Waals surface area contributed by atoms with E-state index in [-0.39, 0.29) is 22.8 Å². The van der Waals surface area contributed by atoms with E-state index in [0.29, 0.717) is 11.3 Å². The molecule has 0 bridgehead atoms. The molecule has 226 valence electrons. The number of aliphatic hydroxyl groups excluding tert-OH is 1. The maximum absolute atomic E-state index is 13.5. The fraction of sp³-hybridized carbons (Fsp3) is 0.258. The molecule has 1 aliphatic rings. The molecule has 3 aromatic rings. The van der Waals surface area contributed by atoms with Crippen LogP contribution in [0.2, 0.25) is 5.02 Å². The molecule has 0 unspecified atom stereocenters. The zero-order chi connectivity index (χ0) is 31.1. The summed E-state index contributed by atoms with van der Waals surface area (Å²) in [5.41, 5.74) is 2.33. The van der Waals surface area contributed by atoms with Crippen molar-refractivity contribution in [2.24, 2.45) is 0 Å². The maximum atomic E-state index is 13.5. The number of halogens is 4. The summed E-state index contributed by atoms with van der Waals surface area (Å²) in [6, 6.07) is 15.3. The normalized spacial score (nSPS) is 13.9. The number of urea groups is 1. The third kappa shape index (κ3) is 8.36. The van der Waals surface area contributed by atoms with Crippen LogP contribution in [-0.2, 0) is 17.5 Å². The highest BCUT2D eigenvalue weighted by molar-refractivity contribution is 6.33. The Kier molecular flexibility index (Phi) is 10.1. The lowest BCUT2D eigenvalue weighted by atomic mass is 9.93. The van der Waals surface area contributed by atoms with Gasteiger partial charge in [0.05, 0.1) is 29.4 Å². The molecule has 3 amide bonds. The van der Waals surface area contributed by atoms with E-state index in [1.807, 2.05) is 12.1 Å². The molecule has 1 atom stereocenters. The number of nitrogens with one attached hydrogen (secondary N) is 2. The molecule has 12 heteroatoms. The quantitative estimate of drug-likeness (QED) is 0.213. The van der Waals surface area contributed by atoms with Crippen LogP contribution in [0.1, 0.15) is 52.7 Å². The molecule has 3 aromatic carbocycles. The standard InChI is InChI=1S/C31H29ClF3N3O5/c32-25-15-12-23(31(33,34)35)16-26(25)37-30(43)38(24-13-10-21(11-14-24)20-4-2-1-3-5-20)18-19-6-8-22(9-7-19)28(40)36-17-27(39)29(41)42/h4,6-16,27,39H,1-3,5,17-18H2,(H,36,40)(H,37,43)(H,41,42)/t27-/m1/s1. The van der Waals surface area contributed by atoms with E-state index in [1.54, 1.807) is 24.3 Å². The molecule has 0 heterocycles. The lowest BCUT2D eigenvalue weighted by molar-refractivity contribution is -0.146. The van der Waals surface area contributed by atoms with Crippen molar-refractivity contribution < 1.29 is 37.8 Å². The molecule has 0 aromatic heterocycles. The zero-order valence-electron chi connectivity index (χ0n) is 22.8. The largest absolute Gasteiger partial charge is 0.479 e. The number of carbonyl (C=O) groups is 3. The number of aliphatic hydroxyl groups is 1. The summed E-state index contributed by atoms with van der Waals surface area (Å²) in [4.78, 5) is 38.0. The van der Waals surface area contributed by atoms with E-state index in [1.165, 1.54) is 22.6 Å². The smallest absolute Gasteiger partial charge is 0.416 e. The average Bonchev–Trinajstić information content (AvgIpc) is 2.99. The Morgan fingerprint density at radius 2 is 1.67 bits per heavy atom. The molecule has 1 aliphatic carbocycles. The number of anilines is 2. The van der Waals surface area contributed by atoms with Crippen LogP contribution in [0.4, 0.5) is 29.3 Å². The molecule has 4 rings (SSSR count). The second-order valence-corrected chi connectivity index (χ2v) is 10.4. The minimum absolute atomic E-state index is 0.00984. The molecule has 4 N–H and O–H groups in total. The van der Waals surface area contributed by atoms with Crippen LogP contribution in [0.3, 0.4) is 0 Å². The van der Waals surface area contributed by atoms with Gasteiger partial charge >= 0.3 is 18.2 Å². The number of carboxylic acid groups (broad SMARTS) is 1. The summed E-state index contributed by atoms with van der Waals surface area (Å²) in [5.74, 6) is -2.07. The molecule has 8 nitrogen and oxygen atoms in total. The molecule has 0 aliphatic heterocycles. The minimum Gasteiger partial charge on any atom is -0.479 e. The van der Waals surface area contributed by atoms with Gasteiger partial charge in [0, 0.05) is 11.3 Å². The van der Waals surface area contributed by atoms with E-state index in [0.717, 1.165) is 49.4 Å². The Hall–Kier alpha value is -4.35. The number of aliphatic carboxylic acids is 1. The Morgan fingerprint density at radius 3 is 2.28 bits per heavy atom. The molecular formula is C31H29ClF3N3O5. The Balaban J connectivity index is 1.58. The second kappa shape index (κ2) is 13.7. The van der Waals surface area contributed by atoms with Crippen LogP contribution in [0.5, 0.6) is 0 Å². The number of nitrogens with zero attached hydrogens (tertiary/aromatic N) is 1. The third-order valence-electron chi connectivity index (χ3n) is 6.92. The van der Waals surface area contributed by atoms with Crippen molar-refractivity contribution in [1.29, 1.82) is 0 Å². The van der Waals surface area contributed by atoms with Crippen molar-refractivity contribution in [2.45, 2.75) is 44.5 Å². The highest BCUT2D eigenvalue weighted by Crippen LogP contribution is 2.34. The van der Waals surface area contributed by atoms with Gasteiger partial charge in [-0.15, -0.1) is 0 Å². The zero-order valence-corrected chi connectivity index (χ0v) is 23.6. The van der Waals surface area contributed by atoms with E-state index in [9.17, 15) is 32.7 Å². The van der Waals surface area contributed by atoms with Crippen molar-refractivity contribution in [3.63, 3.8) is 0 Å². The predicted molar refractivity (Wildman–Crippen MR) is 157 cm³/mol. The van der Waals surface area contributed by atoms with Crippen LogP contribution >= 0.6 is 11.6 Å². The summed E-state index contributed by atoms with van der Waals surface area (Å²) in [7, 11) is 0. The number of alkyl halides is 3. The van der Waals surface area contributed by atoms with Gasteiger partial charge in [0.25, 0.3) is 5.91 Å². The monoisotopic (exact) mass is 615 g/mol. The Morgan fingerprint density at radius 1 is 0.977 bits per heavy atom. The number of benzene rings is 3. The van der Waals surface area contributed by atoms with E-state index < -0.39 is 42.3 Å². The summed E-state index contributed by atoms with van der Waals surface area (Å²) >= 11 is 6.12. The topological polar surface area (TPSA) is 119 Å². The highest BCUT2D eigenvalue weighted by Gasteiger charge is 2.31. The van der Waals surface area contributed by atoms with Crippen molar-refractivity contribution in [1.82, 2.24) is 5.32 Å². The summed E-state index contributed by atoms with van der Waals surface area (Å²) < 4.78 is 39.9. The van der Waals surface area contributed by atoms with Gasteiger partial charge in [0.2, 0.25) is 0 Å². The molecular weight excluding hydrogens is 587 g/mol. The first-order chi connectivity index (χ1) is 20.4. The van der Waals surface area contributed by atoms with Crippen LogP contribution < -0.4 is 15.5 Å². The summed E-state index contributed by atoms with van der Waals surface area (Å²) in [6.45, 7) is -0.487. The van der Waals surface area contributed by atoms with E-state index >= 15 is 0 Å². The van der Waals surface area contributed by atoms with Crippen molar-refractivity contribution in [3.05, 3.63) is 100 Å². The second-order valence-electron chi connectivity index (χ2n) is 9.99. The number of allylic oxidation sites excluding steroid dienone is 2. The maximum Gasteiger partial charge on any atom is 0.416 e. The van der Waals surface area contributed by atoms with Crippen LogP contribution in [0.15, 0.2) is 72.8 Å². The van der Waals surface area contributed by atoms with E-state index in [2.05, 4.69) is 16.7 Å². The van der Waals surface area contributed by atoms with Crippen LogP contribution in [-0.4, -0.2) is 40.8 Å². The predicted octanol–water partition coefficient (Wildman–Crippen LogP) is 6.73. The first kappa shape index (κ1) is 31.6. The van der Waals surface area contributed by atoms with Gasteiger partial charge in [0.15, 0.2) is 6.10 Å². The van der Waals surface area contributed by atoms with Gasteiger partial charge in [-0.1, -0.05) is 41.9 Å². The molecule has 43 heavy (non-hydrogen) atoms. The van der Waals surface area contributed by atoms with Gasteiger partial charge in [-0.3, -0.25) is 9.69 Å².